The summed E-state index contributed by atoms with van der Waals surface area (Å²) in [6.07, 6.45) is 7.38. The van der Waals surface area contributed by atoms with Crippen molar-refractivity contribution in [1.29, 1.82) is 0 Å². The highest BCUT2D eigenvalue weighted by molar-refractivity contribution is 5.96. The molecule has 132 valence electrons. The van der Waals surface area contributed by atoms with E-state index in [4.69, 9.17) is 9.47 Å². The van der Waals surface area contributed by atoms with Gasteiger partial charge in [-0.1, -0.05) is 6.07 Å². The fourth-order valence-corrected chi connectivity index (χ4v) is 3.13. The number of rotatable bonds is 5. The topological polar surface area (TPSA) is 56.6 Å². The number of methoxy groups -OCH3 is 1. The van der Waals surface area contributed by atoms with Gasteiger partial charge in [0.15, 0.2) is 0 Å². The number of hydrogen-bond donors (Lipinski definition) is 0. The maximum Gasteiger partial charge on any atom is 0.340 e. The molecular formula is C20H19N3O3. The number of hydrogen-bond acceptors (Lipinski definition) is 5. The number of benzene rings is 1. The highest BCUT2D eigenvalue weighted by atomic mass is 16.5. The standard InChI is InChI=1S/C20H19N3O3/c1-25-20(24)17-7-4-8-18(19(17)22-10-2-3-11-22)23-13-16(14-23)26-15-6-5-9-21-12-15/h2-12,16H,13-14H2,1H3. The zero-order valence-corrected chi connectivity index (χ0v) is 14.4. The summed E-state index contributed by atoms with van der Waals surface area (Å²) in [5.74, 6) is 0.422. The fourth-order valence-electron chi connectivity index (χ4n) is 3.13. The van der Waals surface area contributed by atoms with Gasteiger partial charge in [0, 0.05) is 18.6 Å². The molecule has 0 saturated carbocycles. The Kier molecular flexibility index (Phi) is 4.31. The molecule has 6 heteroatoms. The highest BCUT2D eigenvalue weighted by Gasteiger charge is 2.31. The number of carbonyl (C=O) groups is 1. The van der Waals surface area contributed by atoms with Crippen LogP contribution in [-0.4, -0.2) is 41.8 Å². The van der Waals surface area contributed by atoms with Crippen LogP contribution in [0.1, 0.15) is 10.4 Å². The van der Waals surface area contributed by atoms with Crippen molar-refractivity contribution < 1.29 is 14.3 Å². The summed E-state index contributed by atoms with van der Waals surface area (Å²) in [6.45, 7) is 1.49. The van der Waals surface area contributed by atoms with Gasteiger partial charge in [0.2, 0.25) is 0 Å². The maximum absolute atomic E-state index is 12.2. The minimum absolute atomic E-state index is 0.0958. The number of anilines is 1. The Balaban J connectivity index is 1.59. The molecule has 1 saturated heterocycles. The first kappa shape index (κ1) is 16.2. The Morgan fingerprint density at radius 2 is 1.92 bits per heavy atom. The van der Waals surface area contributed by atoms with Crippen molar-refractivity contribution in [3.8, 4) is 11.4 Å². The molecule has 3 heterocycles. The van der Waals surface area contributed by atoms with E-state index in [-0.39, 0.29) is 12.1 Å². The average molecular weight is 349 g/mol. The molecule has 1 aliphatic rings. The number of aromatic nitrogens is 2. The molecular weight excluding hydrogens is 330 g/mol. The lowest BCUT2D eigenvalue weighted by Crippen LogP contribution is -2.54. The molecule has 0 aliphatic carbocycles. The van der Waals surface area contributed by atoms with Crippen LogP contribution in [0, 0.1) is 0 Å². The largest absolute Gasteiger partial charge is 0.485 e. The first-order valence-corrected chi connectivity index (χ1v) is 8.42. The third kappa shape index (κ3) is 3.01. The van der Waals surface area contributed by atoms with Gasteiger partial charge in [-0.15, -0.1) is 0 Å². The van der Waals surface area contributed by atoms with Gasteiger partial charge < -0.3 is 18.9 Å². The van der Waals surface area contributed by atoms with Crippen LogP contribution in [0.2, 0.25) is 0 Å². The molecule has 0 spiro atoms. The molecule has 1 aliphatic heterocycles. The minimum Gasteiger partial charge on any atom is -0.485 e. The Hall–Kier alpha value is -3.28. The lowest BCUT2D eigenvalue weighted by molar-refractivity contribution is 0.0601. The van der Waals surface area contributed by atoms with E-state index >= 15 is 0 Å². The van der Waals surface area contributed by atoms with Crippen molar-refractivity contribution in [2.45, 2.75) is 6.10 Å². The molecule has 0 amide bonds. The Morgan fingerprint density at radius 1 is 1.12 bits per heavy atom. The van der Waals surface area contributed by atoms with Gasteiger partial charge in [0.1, 0.15) is 11.9 Å². The predicted octanol–water partition coefficient (Wildman–Crippen LogP) is 2.93. The Bertz CT molecular complexity index is 888. The summed E-state index contributed by atoms with van der Waals surface area (Å²) >= 11 is 0. The number of nitrogens with zero attached hydrogens (tertiary/aromatic N) is 3. The summed E-state index contributed by atoms with van der Waals surface area (Å²) in [7, 11) is 1.40. The molecule has 1 aromatic carbocycles. The van der Waals surface area contributed by atoms with Gasteiger partial charge in [0.05, 0.1) is 43.3 Å². The summed E-state index contributed by atoms with van der Waals surface area (Å²) in [5, 5.41) is 0. The van der Waals surface area contributed by atoms with E-state index in [0.29, 0.717) is 5.56 Å². The second-order valence-corrected chi connectivity index (χ2v) is 6.09. The molecule has 0 bridgehead atoms. The number of para-hydroxylation sites is 1. The van der Waals surface area contributed by atoms with Gasteiger partial charge in [0.25, 0.3) is 0 Å². The fraction of sp³-hybridized carbons (Fsp3) is 0.200. The summed E-state index contributed by atoms with van der Waals surface area (Å²) in [4.78, 5) is 18.5. The van der Waals surface area contributed by atoms with Crippen molar-refractivity contribution in [3.63, 3.8) is 0 Å². The van der Waals surface area contributed by atoms with Crippen LogP contribution in [0.15, 0.2) is 67.3 Å². The van der Waals surface area contributed by atoms with Gasteiger partial charge in [-0.3, -0.25) is 4.98 Å². The zero-order chi connectivity index (χ0) is 17.9. The van der Waals surface area contributed by atoms with E-state index in [1.54, 1.807) is 18.5 Å². The van der Waals surface area contributed by atoms with Crippen molar-refractivity contribution in [3.05, 3.63) is 72.8 Å². The number of carbonyl (C=O) groups excluding carboxylic acids is 1. The first-order chi connectivity index (χ1) is 12.8. The SMILES string of the molecule is COC(=O)c1cccc(N2CC(Oc3cccnc3)C2)c1-n1cccc1. The van der Waals surface area contributed by atoms with Gasteiger partial charge in [-0.05, 0) is 36.4 Å². The summed E-state index contributed by atoms with van der Waals surface area (Å²) in [5.41, 5.74) is 2.34. The monoisotopic (exact) mass is 349 g/mol. The van der Waals surface area contributed by atoms with Crippen LogP contribution in [0.3, 0.4) is 0 Å². The lowest BCUT2D eigenvalue weighted by atomic mass is 10.1. The third-order valence-corrected chi connectivity index (χ3v) is 4.41. The van der Waals surface area contributed by atoms with Crippen LogP contribution in [0.4, 0.5) is 5.69 Å². The van der Waals surface area contributed by atoms with Crippen LogP contribution >= 0.6 is 0 Å². The normalized spacial score (nSPS) is 14.0. The Labute approximate surface area is 151 Å². The average Bonchev–Trinajstić information content (AvgIpc) is 3.18. The molecule has 6 nitrogen and oxygen atoms in total. The van der Waals surface area contributed by atoms with E-state index in [9.17, 15) is 4.79 Å². The van der Waals surface area contributed by atoms with Gasteiger partial charge >= 0.3 is 5.97 Å². The van der Waals surface area contributed by atoms with Crippen LogP contribution in [0.5, 0.6) is 5.75 Å². The number of ether oxygens (including phenoxy) is 2. The molecule has 4 rings (SSSR count). The maximum atomic E-state index is 12.2. The van der Waals surface area contributed by atoms with Crippen LogP contribution < -0.4 is 9.64 Å². The van der Waals surface area contributed by atoms with E-state index < -0.39 is 0 Å². The van der Waals surface area contributed by atoms with Gasteiger partial charge in [-0.25, -0.2) is 4.79 Å². The number of esters is 1. The summed E-state index contributed by atoms with van der Waals surface area (Å²) in [6, 6.07) is 13.3. The second-order valence-electron chi connectivity index (χ2n) is 6.09. The van der Waals surface area contributed by atoms with Crippen LogP contribution in [-0.2, 0) is 4.74 Å². The predicted molar refractivity (Wildman–Crippen MR) is 98.0 cm³/mol. The van der Waals surface area contributed by atoms with E-state index in [2.05, 4.69) is 9.88 Å². The molecule has 0 atom stereocenters. The van der Waals surface area contributed by atoms with Crippen molar-refractivity contribution in [2.75, 3.05) is 25.1 Å². The van der Waals surface area contributed by atoms with E-state index in [1.807, 2.05) is 53.4 Å². The number of pyridine rings is 1. The first-order valence-electron chi connectivity index (χ1n) is 8.42. The van der Waals surface area contributed by atoms with Crippen molar-refractivity contribution in [2.24, 2.45) is 0 Å². The van der Waals surface area contributed by atoms with E-state index in [1.165, 1.54) is 7.11 Å². The quantitative estimate of drug-likeness (QED) is 0.663. The highest BCUT2D eigenvalue weighted by Crippen LogP contribution is 2.32. The molecule has 2 aromatic heterocycles. The lowest BCUT2D eigenvalue weighted by Gasteiger charge is -2.41. The van der Waals surface area contributed by atoms with Crippen molar-refractivity contribution in [1.82, 2.24) is 9.55 Å². The van der Waals surface area contributed by atoms with Crippen LogP contribution in [0.25, 0.3) is 5.69 Å². The Morgan fingerprint density at radius 3 is 2.62 bits per heavy atom. The minimum atomic E-state index is -0.348. The summed E-state index contributed by atoms with van der Waals surface area (Å²) < 4.78 is 12.8. The molecule has 1 fully saturated rings. The molecule has 0 N–H and O–H groups in total. The molecule has 3 aromatic rings. The van der Waals surface area contributed by atoms with E-state index in [0.717, 1.165) is 30.2 Å². The molecule has 0 unspecified atom stereocenters. The van der Waals surface area contributed by atoms with Gasteiger partial charge in [-0.2, -0.15) is 0 Å². The smallest absolute Gasteiger partial charge is 0.340 e. The zero-order valence-electron chi connectivity index (χ0n) is 14.4. The third-order valence-electron chi connectivity index (χ3n) is 4.41. The van der Waals surface area contributed by atoms with Crippen molar-refractivity contribution >= 4 is 11.7 Å². The second kappa shape index (κ2) is 6.92. The molecule has 0 radical (unpaired) electrons. The molecule has 26 heavy (non-hydrogen) atoms.